The monoisotopic (exact) mass is 251 g/mol. The maximum atomic E-state index is 13.5. The quantitative estimate of drug-likeness (QED) is 0.864. The van der Waals surface area contributed by atoms with Crippen LogP contribution < -0.4 is 5.32 Å². The van der Waals surface area contributed by atoms with Crippen molar-refractivity contribution in [1.29, 1.82) is 0 Å². The third-order valence-electron chi connectivity index (χ3n) is 4.01. The molecular formula is C14H18FNO2. The van der Waals surface area contributed by atoms with Crippen LogP contribution in [0.15, 0.2) is 18.2 Å². The zero-order chi connectivity index (χ0) is 13.2. The van der Waals surface area contributed by atoms with Crippen molar-refractivity contribution in [2.75, 3.05) is 6.54 Å². The number of rotatable bonds is 4. The van der Waals surface area contributed by atoms with Crippen molar-refractivity contribution in [3.63, 3.8) is 0 Å². The molecule has 0 aliphatic heterocycles. The number of carbonyl (C=O) groups excluding carboxylic acids is 1. The van der Waals surface area contributed by atoms with Crippen LogP contribution in [0.5, 0.6) is 5.75 Å². The molecule has 1 aromatic carbocycles. The molecule has 1 saturated carbocycles. The van der Waals surface area contributed by atoms with E-state index in [-0.39, 0.29) is 16.7 Å². The summed E-state index contributed by atoms with van der Waals surface area (Å²) in [7, 11) is 0. The van der Waals surface area contributed by atoms with E-state index in [9.17, 15) is 14.3 Å². The molecule has 1 amide bonds. The molecular weight excluding hydrogens is 233 g/mol. The summed E-state index contributed by atoms with van der Waals surface area (Å²) in [4.78, 5) is 11.9. The number of benzene rings is 1. The third kappa shape index (κ3) is 2.33. The molecule has 1 fully saturated rings. The van der Waals surface area contributed by atoms with Crippen molar-refractivity contribution in [3.8, 4) is 5.75 Å². The Labute approximate surface area is 106 Å². The van der Waals surface area contributed by atoms with Gasteiger partial charge in [-0.1, -0.05) is 19.4 Å². The molecule has 18 heavy (non-hydrogen) atoms. The Hall–Kier alpha value is -1.58. The number of hydrogen-bond acceptors (Lipinski definition) is 2. The van der Waals surface area contributed by atoms with Crippen LogP contribution in [0, 0.1) is 11.2 Å². The smallest absolute Gasteiger partial charge is 0.258 e. The van der Waals surface area contributed by atoms with Crippen LogP contribution >= 0.6 is 0 Å². The lowest BCUT2D eigenvalue weighted by Gasteiger charge is -2.41. The van der Waals surface area contributed by atoms with Crippen molar-refractivity contribution < 1.29 is 14.3 Å². The normalized spacial score (nSPS) is 17.0. The fourth-order valence-corrected chi connectivity index (χ4v) is 2.43. The minimum absolute atomic E-state index is 0.177. The van der Waals surface area contributed by atoms with Crippen molar-refractivity contribution in [2.45, 2.75) is 32.6 Å². The summed E-state index contributed by atoms with van der Waals surface area (Å²) in [5.41, 5.74) is -0.0839. The van der Waals surface area contributed by atoms with Crippen LogP contribution in [-0.2, 0) is 0 Å². The van der Waals surface area contributed by atoms with E-state index >= 15 is 0 Å². The summed E-state index contributed by atoms with van der Waals surface area (Å²) in [5.74, 6) is -1.54. The van der Waals surface area contributed by atoms with Crippen LogP contribution in [0.2, 0.25) is 0 Å². The van der Waals surface area contributed by atoms with Gasteiger partial charge < -0.3 is 10.4 Å². The maximum absolute atomic E-state index is 13.5. The predicted molar refractivity (Wildman–Crippen MR) is 67.0 cm³/mol. The van der Waals surface area contributed by atoms with E-state index < -0.39 is 11.7 Å². The van der Waals surface area contributed by atoms with Crippen LogP contribution in [-0.4, -0.2) is 17.6 Å². The van der Waals surface area contributed by atoms with Crippen molar-refractivity contribution in [1.82, 2.24) is 5.32 Å². The molecule has 0 spiro atoms. The second-order valence-corrected chi connectivity index (χ2v) is 5.02. The molecule has 1 aliphatic carbocycles. The number of phenolic OH excluding ortho intramolecular Hbond substituents is 1. The van der Waals surface area contributed by atoms with Gasteiger partial charge in [0, 0.05) is 6.54 Å². The number of carbonyl (C=O) groups is 1. The molecule has 0 atom stereocenters. The Morgan fingerprint density at radius 2 is 2.22 bits per heavy atom. The van der Waals surface area contributed by atoms with Gasteiger partial charge in [0.2, 0.25) is 0 Å². The SMILES string of the molecule is CCC1(CNC(=O)c2c(O)cccc2F)CCC1. The van der Waals surface area contributed by atoms with Crippen molar-refractivity contribution in [2.24, 2.45) is 5.41 Å². The highest BCUT2D eigenvalue weighted by Crippen LogP contribution is 2.43. The number of hydrogen-bond donors (Lipinski definition) is 2. The predicted octanol–water partition coefficient (Wildman–Crippen LogP) is 2.84. The zero-order valence-electron chi connectivity index (χ0n) is 10.5. The molecule has 0 radical (unpaired) electrons. The highest BCUT2D eigenvalue weighted by molar-refractivity contribution is 5.97. The van der Waals surface area contributed by atoms with Crippen LogP contribution in [0.4, 0.5) is 4.39 Å². The fourth-order valence-electron chi connectivity index (χ4n) is 2.43. The molecule has 0 aromatic heterocycles. The molecule has 1 aromatic rings. The van der Waals surface area contributed by atoms with Crippen molar-refractivity contribution in [3.05, 3.63) is 29.6 Å². The summed E-state index contributed by atoms with van der Waals surface area (Å²) in [6, 6.07) is 3.87. The first-order valence-electron chi connectivity index (χ1n) is 6.34. The number of halogens is 1. The van der Waals surface area contributed by atoms with Gasteiger partial charge in [0.25, 0.3) is 5.91 Å². The summed E-state index contributed by atoms with van der Waals surface area (Å²) >= 11 is 0. The maximum Gasteiger partial charge on any atom is 0.258 e. The van der Waals surface area contributed by atoms with Gasteiger partial charge in [-0.2, -0.15) is 0 Å². The van der Waals surface area contributed by atoms with E-state index in [2.05, 4.69) is 12.2 Å². The molecule has 4 heteroatoms. The van der Waals surface area contributed by atoms with E-state index in [1.807, 2.05) is 0 Å². The number of nitrogens with one attached hydrogen (secondary N) is 1. The van der Waals surface area contributed by atoms with Gasteiger partial charge in [-0.05, 0) is 36.8 Å². The summed E-state index contributed by atoms with van der Waals surface area (Å²) in [5, 5.41) is 12.3. The van der Waals surface area contributed by atoms with Crippen LogP contribution in [0.25, 0.3) is 0 Å². The lowest BCUT2D eigenvalue weighted by Crippen LogP contribution is -2.41. The van der Waals surface area contributed by atoms with E-state index in [4.69, 9.17) is 0 Å². The summed E-state index contributed by atoms with van der Waals surface area (Å²) < 4.78 is 13.5. The first-order chi connectivity index (χ1) is 8.58. The average molecular weight is 251 g/mol. The highest BCUT2D eigenvalue weighted by atomic mass is 19.1. The van der Waals surface area contributed by atoms with Crippen molar-refractivity contribution >= 4 is 5.91 Å². The molecule has 0 bridgehead atoms. The molecule has 98 valence electrons. The van der Waals surface area contributed by atoms with Gasteiger partial charge in [0.15, 0.2) is 0 Å². The van der Waals surface area contributed by atoms with Gasteiger partial charge in [0.1, 0.15) is 17.1 Å². The molecule has 1 aliphatic rings. The number of phenols is 1. The Morgan fingerprint density at radius 3 is 2.72 bits per heavy atom. The number of aromatic hydroxyl groups is 1. The second kappa shape index (κ2) is 4.96. The molecule has 0 saturated heterocycles. The minimum Gasteiger partial charge on any atom is -0.507 e. The Bertz CT molecular complexity index is 429. The number of amides is 1. The Kier molecular flexibility index (Phi) is 3.55. The molecule has 2 rings (SSSR count). The van der Waals surface area contributed by atoms with E-state index in [0.29, 0.717) is 6.54 Å². The third-order valence-corrected chi connectivity index (χ3v) is 4.01. The Balaban J connectivity index is 2.04. The van der Waals surface area contributed by atoms with Gasteiger partial charge in [-0.15, -0.1) is 0 Å². The second-order valence-electron chi connectivity index (χ2n) is 5.02. The van der Waals surface area contributed by atoms with Crippen LogP contribution in [0.3, 0.4) is 0 Å². The molecule has 0 heterocycles. The minimum atomic E-state index is -0.688. The standard InChI is InChI=1S/C14H18FNO2/c1-2-14(7-4-8-14)9-16-13(18)12-10(15)5-3-6-11(12)17/h3,5-6,17H,2,4,7-9H2,1H3,(H,16,18). The zero-order valence-corrected chi connectivity index (χ0v) is 10.5. The lowest BCUT2D eigenvalue weighted by atomic mass is 9.67. The van der Waals surface area contributed by atoms with Gasteiger partial charge in [-0.25, -0.2) is 4.39 Å². The molecule has 3 nitrogen and oxygen atoms in total. The fraction of sp³-hybridized carbons (Fsp3) is 0.500. The summed E-state index contributed by atoms with van der Waals surface area (Å²) in [6.45, 7) is 2.65. The van der Waals surface area contributed by atoms with Gasteiger partial charge in [-0.3, -0.25) is 4.79 Å². The largest absolute Gasteiger partial charge is 0.507 e. The van der Waals surface area contributed by atoms with Gasteiger partial charge in [0.05, 0.1) is 0 Å². The average Bonchev–Trinajstić information content (AvgIpc) is 2.28. The molecule has 0 unspecified atom stereocenters. The first kappa shape index (κ1) is 12.9. The van der Waals surface area contributed by atoms with Gasteiger partial charge >= 0.3 is 0 Å². The first-order valence-corrected chi connectivity index (χ1v) is 6.34. The Morgan fingerprint density at radius 1 is 1.50 bits per heavy atom. The lowest BCUT2D eigenvalue weighted by molar-refractivity contribution is 0.0844. The van der Waals surface area contributed by atoms with Crippen LogP contribution in [0.1, 0.15) is 43.0 Å². The van der Waals surface area contributed by atoms with E-state index in [0.717, 1.165) is 19.3 Å². The topological polar surface area (TPSA) is 49.3 Å². The highest BCUT2D eigenvalue weighted by Gasteiger charge is 2.35. The summed E-state index contributed by atoms with van der Waals surface area (Å²) in [6.07, 6.45) is 4.41. The van der Waals surface area contributed by atoms with E-state index in [1.165, 1.54) is 24.6 Å². The van der Waals surface area contributed by atoms with E-state index in [1.54, 1.807) is 0 Å². The molecule has 2 N–H and O–H groups in total.